The van der Waals surface area contributed by atoms with Crippen molar-refractivity contribution in [2.45, 2.75) is 106 Å². The van der Waals surface area contributed by atoms with Gasteiger partial charge in [-0.05, 0) is 37.8 Å². The Kier molecular flexibility index (Phi) is 5.50. The van der Waals surface area contributed by atoms with E-state index in [-0.39, 0.29) is 30.9 Å². The quantitative estimate of drug-likeness (QED) is 0.650. The lowest BCUT2D eigenvalue weighted by Crippen LogP contribution is -2.56. The first-order valence-electron chi connectivity index (χ1n) is 12.2. The molecule has 6 rings (SSSR count). The van der Waals surface area contributed by atoms with Crippen molar-refractivity contribution < 1.29 is 33.2 Å². The second-order valence-corrected chi connectivity index (χ2v) is 9.82. The molecule has 0 N–H and O–H groups in total. The fourth-order valence-electron chi connectivity index (χ4n) is 5.99. The molecule has 32 heavy (non-hydrogen) atoms. The Morgan fingerprint density at radius 3 is 2.06 bits per heavy atom. The van der Waals surface area contributed by atoms with Crippen LogP contribution in [0.5, 0.6) is 0 Å². The summed E-state index contributed by atoms with van der Waals surface area (Å²) in [4.78, 5) is 12.5. The van der Waals surface area contributed by atoms with Gasteiger partial charge in [0.2, 0.25) is 0 Å². The number of esters is 1. The van der Waals surface area contributed by atoms with E-state index in [9.17, 15) is 4.79 Å². The van der Waals surface area contributed by atoms with Crippen LogP contribution in [0.2, 0.25) is 0 Å². The summed E-state index contributed by atoms with van der Waals surface area (Å²) in [6.45, 7) is 0.0912. The highest BCUT2D eigenvalue weighted by Crippen LogP contribution is 2.50. The molecule has 5 fully saturated rings. The summed E-state index contributed by atoms with van der Waals surface area (Å²) in [5.41, 5.74) is 0.520. The van der Waals surface area contributed by atoms with E-state index in [0.29, 0.717) is 5.56 Å². The zero-order chi connectivity index (χ0) is 21.6. The zero-order valence-electron chi connectivity index (χ0n) is 18.4. The molecule has 3 saturated heterocycles. The van der Waals surface area contributed by atoms with E-state index in [1.165, 1.54) is 12.8 Å². The molecular weight excluding hydrogens is 412 g/mol. The summed E-state index contributed by atoms with van der Waals surface area (Å²) in [5, 5.41) is 0. The van der Waals surface area contributed by atoms with Crippen molar-refractivity contribution in [1.29, 1.82) is 0 Å². The summed E-state index contributed by atoms with van der Waals surface area (Å²) in [6, 6.07) is 9.01. The molecule has 3 heterocycles. The van der Waals surface area contributed by atoms with E-state index in [0.717, 1.165) is 51.4 Å². The highest BCUT2D eigenvalue weighted by Gasteiger charge is 2.64. The van der Waals surface area contributed by atoms with Gasteiger partial charge in [0.1, 0.15) is 31.0 Å². The van der Waals surface area contributed by atoms with E-state index in [1.54, 1.807) is 12.1 Å². The molecule has 1 aromatic carbocycles. The summed E-state index contributed by atoms with van der Waals surface area (Å²) in [5.74, 6) is -1.54. The summed E-state index contributed by atoms with van der Waals surface area (Å²) >= 11 is 0. The molecule has 5 atom stereocenters. The minimum absolute atomic E-state index is 0.0912. The Morgan fingerprint density at radius 1 is 0.781 bits per heavy atom. The molecule has 0 unspecified atom stereocenters. The standard InChI is InChI=1S/C25H32O7/c26-22(17-10-4-1-5-11-17)27-16-18-19-20(30-24(29-19)12-6-2-7-13-24)21-23(28-18)32-25(31-21)14-8-3-9-15-25/h1,4-5,10-11,18-21,23H,2-3,6-9,12-16H2/t18-,19+,20+,21+,23+/m1/s1. The highest BCUT2D eigenvalue weighted by atomic mass is 16.9. The van der Waals surface area contributed by atoms with Crippen molar-refractivity contribution in [1.82, 2.24) is 0 Å². The predicted molar refractivity (Wildman–Crippen MR) is 113 cm³/mol. The van der Waals surface area contributed by atoms with Gasteiger partial charge < -0.3 is 28.4 Å². The van der Waals surface area contributed by atoms with Crippen LogP contribution in [-0.2, 0) is 28.4 Å². The fourth-order valence-corrected chi connectivity index (χ4v) is 5.99. The third-order valence-corrected chi connectivity index (χ3v) is 7.59. The maximum absolute atomic E-state index is 12.5. The first kappa shape index (κ1) is 21.1. The molecule has 0 bridgehead atoms. The number of carbonyl (C=O) groups is 1. The molecule has 0 aromatic heterocycles. The Hall–Kier alpha value is -1.51. The van der Waals surface area contributed by atoms with Gasteiger partial charge in [-0.3, -0.25) is 0 Å². The topological polar surface area (TPSA) is 72.5 Å². The van der Waals surface area contributed by atoms with E-state index >= 15 is 0 Å². The maximum atomic E-state index is 12.5. The molecule has 0 amide bonds. The largest absolute Gasteiger partial charge is 0.459 e. The molecule has 7 heteroatoms. The number of benzene rings is 1. The molecule has 7 nitrogen and oxygen atoms in total. The fraction of sp³-hybridized carbons (Fsp3) is 0.720. The average Bonchev–Trinajstić information content (AvgIpc) is 3.37. The van der Waals surface area contributed by atoms with Gasteiger partial charge in [-0.1, -0.05) is 31.0 Å². The molecule has 2 saturated carbocycles. The van der Waals surface area contributed by atoms with Gasteiger partial charge in [-0.25, -0.2) is 4.79 Å². The normalized spacial score (nSPS) is 37.2. The van der Waals surface area contributed by atoms with Crippen molar-refractivity contribution in [2.24, 2.45) is 0 Å². The number of hydrogen-bond donors (Lipinski definition) is 0. The van der Waals surface area contributed by atoms with E-state index in [1.807, 2.05) is 18.2 Å². The molecule has 2 aliphatic carbocycles. The average molecular weight is 445 g/mol. The monoisotopic (exact) mass is 444 g/mol. The number of carbonyl (C=O) groups excluding carboxylic acids is 1. The van der Waals surface area contributed by atoms with Gasteiger partial charge in [0.15, 0.2) is 17.9 Å². The first-order chi connectivity index (χ1) is 15.7. The minimum atomic E-state index is -0.584. The third kappa shape index (κ3) is 3.78. The van der Waals surface area contributed by atoms with Gasteiger partial charge in [-0.2, -0.15) is 0 Å². The SMILES string of the molecule is O=C(OC[C@H]1O[C@H]2OC3(CCCCC3)O[C@H]2[C@H]2OC3(CCCCC3)O[C@H]21)c1ccccc1. The number of fused-ring (bicyclic) bond motifs is 3. The van der Waals surface area contributed by atoms with Crippen molar-refractivity contribution in [3.8, 4) is 0 Å². The van der Waals surface area contributed by atoms with Crippen LogP contribution in [0.4, 0.5) is 0 Å². The van der Waals surface area contributed by atoms with Gasteiger partial charge in [0, 0.05) is 25.7 Å². The Bertz CT molecular complexity index is 815. The van der Waals surface area contributed by atoms with E-state index in [2.05, 4.69) is 0 Å². The molecular formula is C25H32O7. The second kappa shape index (κ2) is 8.37. The third-order valence-electron chi connectivity index (χ3n) is 7.59. The van der Waals surface area contributed by atoms with Crippen molar-refractivity contribution in [2.75, 3.05) is 6.61 Å². The molecule has 3 aliphatic heterocycles. The number of ether oxygens (including phenoxy) is 6. The van der Waals surface area contributed by atoms with Gasteiger partial charge in [0.25, 0.3) is 0 Å². The number of hydrogen-bond acceptors (Lipinski definition) is 7. The zero-order valence-corrected chi connectivity index (χ0v) is 18.4. The summed E-state index contributed by atoms with van der Waals surface area (Å²) < 4.78 is 38.1. The molecule has 2 spiro atoms. The summed E-state index contributed by atoms with van der Waals surface area (Å²) in [6.07, 6.45) is 8.32. The highest BCUT2D eigenvalue weighted by molar-refractivity contribution is 5.89. The smallest absolute Gasteiger partial charge is 0.338 e. The van der Waals surface area contributed by atoms with Crippen molar-refractivity contribution in [3.05, 3.63) is 35.9 Å². The van der Waals surface area contributed by atoms with Gasteiger partial charge in [0.05, 0.1) is 5.56 Å². The van der Waals surface area contributed by atoms with Crippen LogP contribution in [0.25, 0.3) is 0 Å². The lowest BCUT2D eigenvalue weighted by Gasteiger charge is -2.36. The van der Waals surface area contributed by atoms with Crippen molar-refractivity contribution >= 4 is 5.97 Å². The van der Waals surface area contributed by atoms with Crippen LogP contribution >= 0.6 is 0 Å². The summed E-state index contributed by atoms with van der Waals surface area (Å²) in [7, 11) is 0. The molecule has 5 aliphatic rings. The lowest BCUT2D eigenvalue weighted by atomic mass is 9.94. The molecule has 1 aromatic rings. The van der Waals surface area contributed by atoms with E-state index in [4.69, 9.17) is 28.4 Å². The minimum Gasteiger partial charge on any atom is -0.459 e. The van der Waals surface area contributed by atoms with E-state index < -0.39 is 24.0 Å². The molecule has 0 radical (unpaired) electrons. The van der Waals surface area contributed by atoms with Crippen LogP contribution in [0.15, 0.2) is 30.3 Å². The Morgan fingerprint density at radius 2 is 1.38 bits per heavy atom. The van der Waals surface area contributed by atoms with Crippen LogP contribution in [-0.4, -0.2) is 54.9 Å². The first-order valence-corrected chi connectivity index (χ1v) is 12.2. The predicted octanol–water partition coefficient (Wildman–Crippen LogP) is 4.09. The Labute approximate surface area is 188 Å². The van der Waals surface area contributed by atoms with Crippen LogP contribution < -0.4 is 0 Å². The van der Waals surface area contributed by atoms with Crippen LogP contribution in [0.3, 0.4) is 0 Å². The van der Waals surface area contributed by atoms with Crippen molar-refractivity contribution in [3.63, 3.8) is 0 Å². The molecule has 174 valence electrons. The number of rotatable bonds is 3. The van der Waals surface area contributed by atoms with Crippen LogP contribution in [0.1, 0.15) is 74.6 Å². The van der Waals surface area contributed by atoms with Crippen LogP contribution in [0, 0.1) is 0 Å². The van der Waals surface area contributed by atoms with Gasteiger partial charge in [-0.15, -0.1) is 0 Å². The van der Waals surface area contributed by atoms with Gasteiger partial charge >= 0.3 is 5.97 Å². The lowest BCUT2D eigenvalue weighted by molar-refractivity contribution is -0.254. The maximum Gasteiger partial charge on any atom is 0.338 e. The second-order valence-electron chi connectivity index (χ2n) is 9.82. The Balaban J connectivity index is 1.21.